The Morgan fingerprint density at radius 3 is 1.89 bits per heavy atom. The Morgan fingerprint density at radius 2 is 1.58 bits per heavy atom. The van der Waals surface area contributed by atoms with Crippen molar-refractivity contribution in [1.82, 2.24) is 10.6 Å². The first kappa shape index (κ1) is 17.4. The Balaban J connectivity index is 4.75. The molecule has 110 valence electrons. The van der Waals surface area contributed by atoms with Crippen molar-refractivity contribution >= 4 is 17.8 Å². The van der Waals surface area contributed by atoms with Crippen molar-refractivity contribution in [2.45, 2.75) is 53.1 Å². The lowest BCUT2D eigenvalue weighted by Gasteiger charge is -2.24. The number of hydrogen-bond donors (Lipinski definition) is 3. The second-order valence-corrected chi connectivity index (χ2v) is 5.45. The van der Waals surface area contributed by atoms with E-state index < -0.39 is 24.0 Å². The van der Waals surface area contributed by atoms with E-state index in [9.17, 15) is 14.4 Å². The number of nitrogens with one attached hydrogen (secondary N) is 2. The monoisotopic (exact) mass is 272 g/mol. The van der Waals surface area contributed by atoms with Gasteiger partial charge in [-0.3, -0.25) is 9.59 Å². The maximum absolute atomic E-state index is 12.0. The number of amides is 2. The molecular formula is C13H24N2O4. The molecule has 0 aromatic rings. The van der Waals surface area contributed by atoms with Crippen molar-refractivity contribution in [1.29, 1.82) is 0 Å². The molecule has 6 heteroatoms. The second kappa shape index (κ2) is 7.76. The number of carbonyl (C=O) groups is 3. The maximum atomic E-state index is 12.0. The lowest BCUT2D eigenvalue weighted by molar-refractivity contribution is -0.142. The van der Waals surface area contributed by atoms with Crippen LogP contribution in [-0.2, 0) is 14.4 Å². The standard InChI is InChI=1S/C13H24N2O4/c1-7(2)6-10(13(18)19)15-12(17)11(8(3)4)14-9(5)16/h7-8,10-11H,6H2,1-5H3,(H,14,16)(H,15,17)(H,18,19)/t10-,11?/m0/s1. The average molecular weight is 272 g/mol. The molecule has 2 amide bonds. The summed E-state index contributed by atoms with van der Waals surface area (Å²) in [5.41, 5.74) is 0. The summed E-state index contributed by atoms with van der Waals surface area (Å²) >= 11 is 0. The molecule has 3 N–H and O–H groups in total. The van der Waals surface area contributed by atoms with Crippen LogP contribution < -0.4 is 10.6 Å². The van der Waals surface area contributed by atoms with Crippen molar-refractivity contribution < 1.29 is 19.5 Å². The van der Waals surface area contributed by atoms with Gasteiger partial charge in [-0.15, -0.1) is 0 Å². The minimum Gasteiger partial charge on any atom is -0.480 e. The Morgan fingerprint density at radius 1 is 1.05 bits per heavy atom. The third-order valence-electron chi connectivity index (χ3n) is 2.63. The average Bonchev–Trinajstić information content (AvgIpc) is 2.23. The lowest BCUT2D eigenvalue weighted by Crippen LogP contribution is -2.53. The first-order valence-corrected chi connectivity index (χ1v) is 6.45. The van der Waals surface area contributed by atoms with Gasteiger partial charge < -0.3 is 15.7 Å². The van der Waals surface area contributed by atoms with E-state index in [1.165, 1.54) is 6.92 Å². The van der Waals surface area contributed by atoms with Crippen LogP contribution in [0.25, 0.3) is 0 Å². The van der Waals surface area contributed by atoms with Gasteiger partial charge in [0.25, 0.3) is 0 Å². The van der Waals surface area contributed by atoms with Crippen molar-refractivity contribution in [3.63, 3.8) is 0 Å². The fourth-order valence-corrected chi connectivity index (χ4v) is 1.71. The highest BCUT2D eigenvalue weighted by Crippen LogP contribution is 2.07. The molecule has 2 atom stereocenters. The van der Waals surface area contributed by atoms with E-state index in [0.29, 0.717) is 6.42 Å². The van der Waals surface area contributed by atoms with Crippen LogP contribution in [0.5, 0.6) is 0 Å². The van der Waals surface area contributed by atoms with Crippen LogP contribution in [0, 0.1) is 11.8 Å². The predicted molar refractivity (Wildman–Crippen MR) is 71.5 cm³/mol. The molecule has 6 nitrogen and oxygen atoms in total. The molecular weight excluding hydrogens is 248 g/mol. The minimum atomic E-state index is -1.06. The van der Waals surface area contributed by atoms with Crippen LogP contribution in [0.1, 0.15) is 41.0 Å². The highest BCUT2D eigenvalue weighted by molar-refractivity contribution is 5.90. The van der Waals surface area contributed by atoms with Gasteiger partial charge in [0.1, 0.15) is 12.1 Å². The Hall–Kier alpha value is -1.59. The first-order chi connectivity index (χ1) is 8.65. The third kappa shape index (κ3) is 6.79. The van der Waals surface area contributed by atoms with E-state index >= 15 is 0 Å². The molecule has 0 spiro atoms. The molecule has 0 aromatic carbocycles. The Kier molecular flexibility index (Phi) is 7.11. The van der Waals surface area contributed by atoms with Gasteiger partial charge in [0.05, 0.1) is 0 Å². The van der Waals surface area contributed by atoms with Crippen molar-refractivity contribution in [2.24, 2.45) is 11.8 Å². The number of aliphatic carboxylic acids is 1. The molecule has 1 unspecified atom stereocenters. The van der Waals surface area contributed by atoms with Crippen molar-refractivity contribution in [3.8, 4) is 0 Å². The minimum absolute atomic E-state index is 0.114. The zero-order chi connectivity index (χ0) is 15.2. The highest BCUT2D eigenvalue weighted by Gasteiger charge is 2.28. The molecule has 0 radical (unpaired) electrons. The van der Waals surface area contributed by atoms with Gasteiger partial charge in [0, 0.05) is 6.92 Å². The van der Waals surface area contributed by atoms with Crippen LogP contribution in [0.2, 0.25) is 0 Å². The molecule has 0 saturated heterocycles. The zero-order valence-corrected chi connectivity index (χ0v) is 12.2. The van der Waals surface area contributed by atoms with Gasteiger partial charge in [0.2, 0.25) is 11.8 Å². The fourth-order valence-electron chi connectivity index (χ4n) is 1.71. The molecule has 0 aliphatic heterocycles. The summed E-state index contributed by atoms with van der Waals surface area (Å²) in [6.07, 6.45) is 0.353. The van der Waals surface area contributed by atoms with Gasteiger partial charge in [-0.05, 0) is 18.3 Å². The Labute approximate surface area is 113 Å². The van der Waals surface area contributed by atoms with E-state index in [2.05, 4.69) is 10.6 Å². The number of hydrogen-bond acceptors (Lipinski definition) is 3. The number of rotatable bonds is 7. The van der Waals surface area contributed by atoms with Crippen LogP contribution in [0.3, 0.4) is 0 Å². The van der Waals surface area contributed by atoms with Crippen LogP contribution in [-0.4, -0.2) is 35.0 Å². The van der Waals surface area contributed by atoms with E-state index in [4.69, 9.17) is 5.11 Å². The third-order valence-corrected chi connectivity index (χ3v) is 2.63. The number of carboxylic acid groups (broad SMARTS) is 1. The van der Waals surface area contributed by atoms with Crippen molar-refractivity contribution in [2.75, 3.05) is 0 Å². The molecule has 0 fully saturated rings. The van der Waals surface area contributed by atoms with Gasteiger partial charge >= 0.3 is 5.97 Å². The van der Waals surface area contributed by atoms with E-state index in [0.717, 1.165) is 0 Å². The SMILES string of the molecule is CC(=O)NC(C(=O)N[C@@H](CC(C)C)C(=O)O)C(C)C. The van der Waals surface area contributed by atoms with Crippen molar-refractivity contribution in [3.05, 3.63) is 0 Å². The van der Waals surface area contributed by atoms with Gasteiger partial charge in [-0.1, -0.05) is 27.7 Å². The van der Waals surface area contributed by atoms with E-state index in [1.807, 2.05) is 13.8 Å². The molecule has 0 heterocycles. The fraction of sp³-hybridized carbons (Fsp3) is 0.769. The normalized spacial score (nSPS) is 14.1. The van der Waals surface area contributed by atoms with Crippen LogP contribution in [0.15, 0.2) is 0 Å². The molecule has 0 rings (SSSR count). The summed E-state index contributed by atoms with van der Waals surface area (Å²) in [5, 5.41) is 14.1. The molecule has 0 saturated carbocycles. The quantitative estimate of drug-likeness (QED) is 0.637. The summed E-state index contributed by atoms with van der Waals surface area (Å²) in [4.78, 5) is 34.2. The lowest BCUT2D eigenvalue weighted by atomic mass is 10.0. The van der Waals surface area contributed by atoms with Gasteiger partial charge in [-0.2, -0.15) is 0 Å². The second-order valence-electron chi connectivity index (χ2n) is 5.45. The summed E-state index contributed by atoms with van der Waals surface area (Å²) in [6, 6.07) is -1.64. The number of carbonyl (C=O) groups excluding carboxylic acids is 2. The smallest absolute Gasteiger partial charge is 0.326 e. The van der Waals surface area contributed by atoms with E-state index in [1.54, 1.807) is 13.8 Å². The largest absolute Gasteiger partial charge is 0.480 e. The molecule has 19 heavy (non-hydrogen) atoms. The molecule has 0 bridgehead atoms. The molecule has 0 aliphatic rings. The van der Waals surface area contributed by atoms with Gasteiger partial charge in [0.15, 0.2) is 0 Å². The highest BCUT2D eigenvalue weighted by atomic mass is 16.4. The van der Waals surface area contributed by atoms with Gasteiger partial charge in [-0.25, -0.2) is 4.79 Å². The maximum Gasteiger partial charge on any atom is 0.326 e. The van der Waals surface area contributed by atoms with Crippen LogP contribution >= 0.6 is 0 Å². The summed E-state index contributed by atoms with van der Waals surface area (Å²) in [5.74, 6) is -1.80. The predicted octanol–water partition coefficient (Wildman–Crippen LogP) is 0.763. The molecule has 0 aromatic heterocycles. The van der Waals surface area contributed by atoms with Crippen LogP contribution in [0.4, 0.5) is 0 Å². The van der Waals surface area contributed by atoms with E-state index in [-0.39, 0.29) is 17.7 Å². The first-order valence-electron chi connectivity index (χ1n) is 6.45. The summed E-state index contributed by atoms with van der Waals surface area (Å²) < 4.78 is 0. The zero-order valence-electron chi connectivity index (χ0n) is 12.2. The summed E-state index contributed by atoms with van der Waals surface area (Å²) in [7, 11) is 0. The number of carboxylic acids is 1. The topological polar surface area (TPSA) is 95.5 Å². The Bertz CT molecular complexity index is 340. The molecule has 0 aliphatic carbocycles. The summed E-state index contributed by atoms with van der Waals surface area (Å²) in [6.45, 7) is 8.67.